The standard InChI is InChI=1S/C22H25N3O6/c1-5-31-15-8-6-13(7-9-15)16-12-19(26)24-22(23-16)25-21(27)14-10-17(28-2)20(30-4)18(11-14)29-3/h6-11,16H,5,12H2,1-4H3,(H2,23,24,25,26,27)/t16-/m0/s1. The van der Waals surface area contributed by atoms with Gasteiger partial charge in [-0.25, -0.2) is 4.99 Å². The lowest BCUT2D eigenvalue weighted by Crippen LogP contribution is -2.47. The molecule has 1 aliphatic rings. The molecule has 0 spiro atoms. The van der Waals surface area contributed by atoms with Gasteiger partial charge in [-0.2, -0.15) is 0 Å². The van der Waals surface area contributed by atoms with E-state index in [1.54, 1.807) is 0 Å². The molecule has 9 heteroatoms. The van der Waals surface area contributed by atoms with Crippen LogP contribution in [0.1, 0.15) is 35.3 Å². The van der Waals surface area contributed by atoms with Crippen molar-refractivity contribution in [3.05, 3.63) is 47.5 Å². The molecule has 1 heterocycles. The molecule has 9 nitrogen and oxygen atoms in total. The fraction of sp³-hybridized carbons (Fsp3) is 0.318. The Bertz CT molecular complexity index is 962. The van der Waals surface area contributed by atoms with Gasteiger partial charge in [0.2, 0.25) is 17.6 Å². The molecule has 0 unspecified atom stereocenters. The highest BCUT2D eigenvalue weighted by atomic mass is 16.5. The average Bonchev–Trinajstić information content (AvgIpc) is 2.78. The van der Waals surface area contributed by atoms with Crippen LogP contribution in [0.5, 0.6) is 23.0 Å². The molecule has 3 rings (SSSR count). The van der Waals surface area contributed by atoms with E-state index in [2.05, 4.69) is 15.6 Å². The predicted octanol–water partition coefficient (Wildman–Crippen LogP) is 2.46. The topological polar surface area (TPSA) is 107 Å². The second-order valence-electron chi connectivity index (χ2n) is 6.62. The Kier molecular flexibility index (Phi) is 6.96. The summed E-state index contributed by atoms with van der Waals surface area (Å²) in [5.74, 6) is 1.16. The quantitative estimate of drug-likeness (QED) is 0.703. The Morgan fingerprint density at radius 1 is 1.10 bits per heavy atom. The summed E-state index contributed by atoms with van der Waals surface area (Å²) in [7, 11) is 4.41. The minimum atomic E-state index is -0.481. The van der Waals surface area contributed by atoms with Crippen LogP contribution in [0.15, 0.2) is 41.4 Å². The fourth-order valence-electron chi connectivity index (χ4n) is 3.19. The smallest absolute Gasteiger partial charge is 0.258 e. The molecular weight excluding hydrogens is 402 g/mol. The molecule has 0 aliphatic carbocycles. The third-order valence-electron chi connectivity index (χ3n) is 4.66. The van der Waals surface area contributed by atoms with Gasteiger partial charge in [-0.05, 0) is 36.8 Å². The second-order valence-corrected chi connectivity index (χ2v) is 6.62. The third-order valence-corrected chi connectivity index (χ3v) is 4.66. The lowest BCUT2D eigenvalue weighted by molar-refractivity contribution is -0.120. The molecule has 31 heavy (non-hydrogen) atoms. The van der Waals surface area contributed by atoms with E-state index in [4.69, 9.17) is 18.9 Å². The highest BCUT2D eigenvalue weighted by Crippen LogP contribution is 2.38. The summed E-state index contributed by atoms with van der Waals surface area (Å²) in [6.07, 6.45) is 0.178. The van der Waals surface area contributed by atoms with Crippen LogP contribution in [0.2, 0.25) is 0 Å². The number of aliphatic imine (C=N–C) groups is 1. The van der Waals surface area contributed by atoms with Crippen molar-refractivity contribution in [1.29, 1.82) is 0 Å². The molecule has 2 amide bonds. The molecule has 1 aliphatic heterocycles. The van der Waals surface area contributed by atoms with E-state index >= 15 is 0 Å². The predicted molar refractivity (Wildman–Crippen MR) is 114 cm³/mol. The van der Waals surface area contributed by atoms with Crippen molar-refractivity contribution >= 4 is 17.8 Å². The molecule has 0 fully saturated rings. The zero-order valence-corrected chi connectivity index (χ0v) is 17.9. The van der Waals surface area contributed by atoms with Gasteiger partial charge in [0.1, 0.15) is 5.75 Å². The maximum absolute atomic E-state index is 12.8. The van der Waals surface area contributed by atoms with Crippen LogP contribution in [-0.2, 0) is 4.79 Å². The first-order valence-corrected chi connectivity index (χ1v) is 9.70. The number of hydrogen-bond acceptors (Lipinski definition) is 7. The Balaban J connectivity index is 1.82. The van der Waals surface area contributed by atoms with Crippen molar-refractivity contribution in [1.82, 2.24) is 10.6 Å². The van der Waals surface area contributed by atoms with E-state index in [0.29, 0.717) is 23.9 Å². The number of nitrogens with zero attached hydrogens (tertiary/aromatic N) is 1. The molecule has 2 aromatic carbocycles. The fourth-order valence-corrected chi connectivity index (χ4v) is 3.19. The zero-order valence-electron chi connectivity index (χ0n) is 17.9. The number of carbonyl (C=O) groups excluding carboxylic acids is 2. The van der Waals surface area contributed by atoms with E-state index < -0.39 is 11.9 Å². The van der Waals surface area contributed by atoms with Crippen LogP contribution in [-0.4, -0.2) is 45.7 Å². The third kappa shape index (κ3) is 5.06. The van der Waals surface area contributed by atoms with E-state index in [9.17, 15) is 9.59 Å². The minimum Gasteiger partial charge on any atom is -0.494 e. The molecule has 164 valence electrons. The van der Waals surface area contributed by atoms with E-state index in [0.717, 1.165) is 11.3 Å². The maximum Gasteiger partial charge on any atom is 0.258 e. The summed E-state index contributed by atoms with van der Waals surface area (Å²) in [5, 5.41) is 5.24. The molecule has 0 radical (unpaired) electrons. The van der Waals surface area contributed by atoms with Gasteiger partial charge in [0, 0.05) is 5.56 Å². The van der Waals surface area contributed by atoms with E-state index in [1.807, 2.05) is 31.2 Å². The largest absolute Gasteiger partial charge is 0.494 e. The molecule has 0 saturated heterocycles. The van der Waals surface area contributed by atoms with Crippen molar-refractivity contribution < 1.29 is 28.5 Å². The number of rotatable bonds is 7. The Morgan fingerprint density at radius 2 is 1.74 bits per heavy atom. The van der Waals surface area contributed by atoms with Gasteiger partial charge < -0.3 is 18.9 Å². The summed E-state index contributed by atoms with van der Waals surface area (Å²) in [5.41, 5.74) is 1.10. The zero-order chi connectivity index (χ0) is 22.4. The molecule has 0 bridgehead atoms. The van der Waals surface area contributed by atoms with Gasteiger partial charge >= 0.3 is 0 Å². The van der Waals surface area contributed by atoms with Gasteiger partial charge in [-0.15, -0.1) is 0 Å². The van der Waals surface area contributed by atoms with Crippen LogP contribution in [0.25, 0.3) is 0 Å². The molecule has 2 aromatic rings. The molecule has 2 N–H and O–H groups in total. The lowest BCUT2D eigenvalue weighted by atomic mass is 10.0. The van der Waals surface area contributed by atoms with Crippen LogP contribution >= 0.6 is 0 Å². The highest BCUT2D eigenvalue weighted by molar-refractivity contribution is 6.11. The Hall–Kier alpha value is -3.75. The van der Waals surface area contributed by atoms with Crippen LogP contribution in [0, 0.1) is 0 Å². The first-order chi connectivity index (χ1) is 15.0. The normalized spacial score (nSPS) is 15.4. The van der Waals surface area contributed by atoms with Crippen molar-refractivity contribution in [2.75, 3.05) is 27.9 Å². The highest BCUT2D eigenvalue weighted by Gasteiger charge is 2.25. The monoisotopic (exact) mass is 427 g/mol. The number of hydrogen-bond donors (Lipinski definition) is 2. The van der Waals surface area contributed by atoms with Crippen molar-refractivity contribution in [2.24, 2.45) is 4.99 Å². The van der Waals surface area contributed by atoms with Crippen molar-refractivity contribution in [2.45, 2.75) is 19.4 Å². The average molecular weight is 427 g/mol. The summed E-state index contributed by atoms with van der Waals surface area (Å²) in [6.45, 7) is 2.48. The summed E-state index contributed by atoms with van der Waals surface area (Å²) in [6, 6.07) is 9.99. The summed E-state index contributed by atoms with van der Waals surface area (Å²) >= 11 is 0. The summed E-state index contributed by atoms with van der Waals surface area (Å²) < 4.78 is 21.3. The minimum absolute atomic E-state index is 0.0777. The molecular formula is C22H25N3O6. The van der Waals surface area contributed by atoms with E-state index in [-0.39, 0.29) is 23.9 Å². The van der Waals surface area contributed by atoms with Crippen LogP contribution < -0.4 is 29.6 Å². The lowest BCUT2D eigenvalue weighted by Gasteiger charge is -2.22. The number of nitrogens with one attached hydrogen (secondary N) is 2. The first kappa shape index (κ1) is 21.9. The number of benzene rings is 2. The van der Waals surface area contributed by atoms with Crippen LogP contribution in [0.3, 0.4) is 0 Å². The Labute approximate surface area is 180 Å². The van der Waals surface area contributed by atoms with E-state index in [1.165, 1.54) is 33.5 Å². The second kappa shape index (κ2) is 9.84. The SMILES string of the molecule is CCOc1ccc([C@@H]2CC(=O)NC(NC(=O)c3cc(OC)c(OC)c(OC)c3)=N2)cc1. The van der Waals surface area contributed by atoms with Crippen molar-refractivity contribution in [3.63, 3.8) is 0 Å². The van der Waals surface area contributed by atoms with Gasteiger partial charge in [0.15, 0.2) is 11.5 Å². The van der Waals surface area contributed by atoms with Gasteiger partial charge in [-0.3, -0.25) is 20.2 Å². The number of amides is 2. The van der Waals surface area contributed by atoms with Gasteiger partial charge in [0.05, 0.1) is 40.4 Å². The summed E-state index contributed by atoms with van der Waals surface area (Å²) in [4.78, 5) is 29.5. The van der Waals surface area contributed by atoms with Gasteiger partial charge in [0.25, 0.3) is 5.91 Å². The van der Waals surface area contributed by atoms with Gasteiger partial charge in [-0.1, -0.05) is 12.1 Å². The van der Waals surface area contributed by atoms with Crippen LogP contribution in [0.4, 0.5) is 0 Å². The maximum atomic E-state index is 12.8. The number of carbonyl (C=O) groups is 2. The van der Waals surface area contributed by atoms with Crippen molar-refractivity contribution in [3.8, 4) is 23.0 Å². The molecule has 1 atom stereocenters. The Morgan fingerprint density at radius 3 is 2.29 bits per heavy atom. The first-order valence-electron chi connectivity index (χ1n) is 9.70. The number of guanidine groups is 1. The number of ether oxygens (including phenoxy) is 4. The number of methoxy groups -OCH3 is 3. The molecule has 0 saturated carbocycles. The molecule has 0 aromatic heterocycles.